The van der Waals surface area contributed by atoms with Crippen LogP contribution < -0.4 is 10.6 Å². The molecule has 6 rings (SSSR count). The van der Waals surface area contributed by atoms with Crippen molar-refractivity contribution < 1.29 is 9.59 Å². The molecule has 0 spiro atoms. The monoisotopic (exact) mass is 478 g/mol. The molecule has 4 atom stereocenters. The number of carbonyl (C=O) groups is 2. The molecule has 0 saturated heterocycles. The standard InChI is InChI=1S/C31H46N2O2/c1-19(2)12-28(30(35)32-27-7-5-6-20(3)21(27)4)33-29(34)25-8-10-26(11-9-25)31-16-22-13-23(17-31)15-24(14-22)18-31/h8-11,19-24,27-28H,5-7,12-18H2,1-4H3,(H,32,35)(H,33,34). The Morgan fingerprint density at radius 3 is 2.11 bits per heavy atom. The smallest absolute Gasteiger partial charge is 0.251 e. The molecule has 4 heteroatoms. The highest BCUT2D eigenvalue weighted by molar-refractivity contribution is 5.97. The van der Waals surface area contributed by atoms with Crippen molar-refractivity contribution in [2.45, 2.75) is 109 Å². The second-order valence-electron chi connectivity index (χ2n) is 13.3. The number of rotatable bonds is 7. The van der Waals surface area contributed by atoms with Gasteiger partial charge in [-0.2, -0.15) is 0 Å². The molecule has 0 aromatic heterocycles. The Balaban J connectivity index is 1.25. The van der Waals surface area contributed by atoms with Crippen molar-refractivity contribution in [1.82, 2.24) is 10.6 Å². The van der Waals surface area contributed by atoms with E-state index in [2.05, 4.69) is 50.5 Å². The molecule has 5 aliphatic rings. The lowest BCUT2D eigenvalue weighted by Crippen LogP contribution is -2.52. The Bertz CT molecular complexity index is 885. The van der Waals surface area contributed by atoms with E-state index in [1.807, 2.05) is 12.1 Å². The van der Waals surface area contributed by atoms with E-state index < -0.39 is 6.04 Å². The van der Waals surface area contributed by atoms with Crippen molar-refractivity contribution in [1.29, 1.82) is 0 Å². The van der Waals surface area contributed by atoms with E-state index in [0.29, 0.717) is 35.2 Å². The van der Waals surface area contributed by atoms with Crippen molar-refractivity contribution in [3.8, 4) is 0 Å². The summed E-state index contributed by atoms with van der Waals surface area (Å²) in [6, 6.07) is 8.14. The van der Waals surface area contributed by atoms with Crippen molar-refractivity contribution in [3.05, 3.63) is 35.4 Å². The molecule has 35 heavy (non-hydrogen) atoms. The molecule has 4 nitrogen and oxygen atoms in total. The summed E-state index contributed by atoms with van der Waals surface area (Å²) in [6.07, 6.45) is 12.4. The van der Waals surface area contributed by atoms with Crippen molar-refractivity contribution in [2.75, 3.05) is 0 Å². The summed E-state index contributed by atoms with van der Waals surface area (Å²) in [6.45, 7) is 8.75. The minimum atomic E-state index is -0.491. The molecular weight excluding hydrogens is 432 g/mol. The van der Waals surface area contributed by atoms with Gasteiger partial charge in [0.15, 0.2) is 0 Å². The molecule has 0 aliphatic heterocycles. The fourth-order valence-corrected chi connectivity index (χ4v) is 8.45. The van der Waals surface area contributed by atoms with Gasteiger partial charge in [0.2, 0.25) is 5.91 Å². The molecule has 4 unspecified atom stereocenters. The average Bonchev–Trinajstić information content (AvgIpc) is 2.80. The topological polar surface area (TPSA) is 58.2 Å². The normalized spacial score (nSPS) is 36.7. The number of nitrogens with one attached hydrogen (secondary N) is 2. The van der Waals surface area contributed by atoms with E-state index in [0.717, 1.165) is 30.6 Å². The first-order valence-corrected chi connectivity index (χ1v) is 14.4. The van der Waals surface area contributed by atoms with Crippen LogP contribution in [0.5, 0.6) is 0 Å². The molecule has 2 N–H and O–H groups in total. The van der Waals surface area contributed by atoms with Crippen molar-refractivity contribution >= 4 is 11.8 Å². The molecule has 1 aromatic carbocycles. The van der Waals surface area contributed by atoms with E-state index >= 15 is 0 Å². The number of hydrogen-bond donors (Lipinski definition) is 2. The summed E-state index contributed by atoms with van der Waals surface area (Å²) in [5.74, 6) is 4.00. The SMILES string of the molecule is CC(C)CC(NC(=O)c1ccc(C23CC4CC(CC(C4)C2)C3)cc1)C(=O)NC1CCCC(C)C1C. The average molecular weight is 479 g/mol. The van der Waals surface area contributed by atoms with Crippen LogP contribution in [0.3, 0.4) is 0 Å². The van der Waals surface area contributed by atoms with Crippen LogP contribution in [-0.2, 0) is 10.2 Å². The largest absolute Gasteiger partial charge is 0.351 e. The number of amides is 2. The van der Waals surface area contributed by atoms with Crippen molar-refractivity contribution in [3.63, 3.8) is 0 Å². The summed E-state index contributed by atoms with van der Waals surface area (Å²) in [5, 5.41) is 6.38. The quantitative estimate of drug-likeness (QED) is 0.487. The first-order chi connectivity index (χ1) is 16.7. The zero-order chi connectivity index (χ0) is 24.7. The van der Waals surface area contributed by atoms with E-state index in [4.69, 9.17) is 0 Å². The van der Waals surface area contributed by atoms with Crippen LogP contribution in [0.4, 0.5) is 0 Å². The number of hydrogen-bond acceptors (Lipinski definition) is 2. The van der Waals surface area contributed by atoms with E-state index in [1.54, 1.807) is 0 Å². The first kappa shape index (κ1) is 24.8. The molecular formula is C31H46N2O2. The second-order valence-corrected chi connectivity index (χ2v) is 13.3. The van der Waals surface area contributed by atoms with Crippen molar-refractivity contribution in [2.24, 2.45) is 35.5 Å². The number of benzene rings is 1. The molecule has 5 saturated carbocycles. The molecule has 5 aliphatic carbocycles. The summed E-state index contributed by atoms with van der Waals surface area (Å²) in [4.78, 5) is 26.5. The van der Waals surface area contributed by atoms with E-state index in [1.165, 1.54) is 50.5 Å². The Hall–Kier alpha value is -1.84. The lowest BCUT2D eigenvalue weighted by molar-refractivity contribution is -0.124. The summed E-state index contributed by atoms with van der Waals surface area (Å²) in [5.41, 5.74) is 2.45. The zero-order valence-electron chi connectivity index (χ0n) is 22.3. The minimum absolute atomic E-state index is 0.0248. The highest BCUT2D eigenvalue weighted by Gasteiger charge is 2.51. The summed E-state index contributed by atoms with van der Waals surface area (Å²) >= 11 is 0. The summed E-state index contributed by atoms with van der Waals surface area (Å²) in [7, 11) is 0. The maximum absolute atomic E-state index is 13.3. The lowest BCUT2D eigenvalue weighted by Gasteiger charge is -2.57. The molecule has 0 heterocycles. The Morgan fingerprint density at radius 2 is 1.54 bits per heavy atom. The Morgan fingerprint density at radius 1 is 0.943 bits per heavy atom. The molecule has 0 radical (unpaired) electrons. The van der Waals surface area contributed by atoms with Crippen LogP contribution >= 0.6 is 0 Å². The van der Waals surface area contributed by atoms with Crippen LogP contribution in [-0.4, -0.2) is 23.9 Å². The van der Waals surface area contributed by atoms with Gasteiger partial charge in [-0.1, -0.05) is 52.7 Å². The van der Waals surface area contributed by atoms with Gasteiger partial charge in [-0.25, -0.2) is 0 Å². The van der Waals surface area contributed by atoms with Gasteiger partial charge in [-0.15, -0.1) is 0 Å². The van der Waals surface area contributed by atoms with Crippen LogP contribution in [0.1, 0.15) is 108 Å². The lowest BCUT2D eigenvalue weighted by atomic mass is 9.48. The molecule has 192 valence electrons. The third-order valence-corrected chi connectivity index (χ3v) is 10.2. The predicted octanol–water partition coefficient (Wildman–Crippen LogP) is 6.24. The number of carbonyl (C=O) groups excluding carboxylic acids is 2. The molecule has 1 aromatic rings. The van der Waals surface area contributed by atoms with E-state index in [9.17, 15) is 9.59 Å². The molecule has 4 bridgehead atoms. The Kier molecular flexibility index (Phi) is 7.03. The molecule has 2 amide bonds. The van der Waals surface area contributed by atoms with Crippen LogP contribution in [0.2, 0.25) is 0 Å². The maximum atomic E-state index is 13.3. The van der Waals surface area contributed by atoms with Gasteiger partial charge in [-0.3, -0.25) is 9.59 Å². The zero-order valence-corrected chi connectivity index (χ0v) is 22.3. The minimum Gasteiger partial charge on any atom is -0.351 e. The van der Waals surface area contributed by atoms with Gasteiger partial charge < -0.3 is 10.6 Å². The maximum Gasteiger partial charge on any atom is 0.251 e. The van der Waals surface area contributed by atoms with Crippen LogP contribution in [0, 0.1) is 35.5 Å². The van der Waals surface area contributed by atoms with E-state index in [-0.39, 0.29) is 17.9 Å². The predicted molar refractivity (Wildman–Crippen MR) is 141 cm³/mol. The second kappa shape index (κ2) is 9.90. The third kappa shape index (κ3) is 5.18. The fraction of sp³-hybridized carbons (Fsp3) is 0.742. The van der Waals surface area contributed by atoms with Gasteiger partial charge in [0, 0.05) is 11.6 Å². The van der Waals surface area contributed by atoms with Gasteiger partial charge >= 0.3 is 0 Å². The van der Waals surface area contributed by atoms with Gasteiger partial charge in [0.25, 0.3) is 5.91 Å². The summed E-state index contributed by atoms with van der Waals surface area (Å²) < 4.78 is 0. The molecule has 5 fully saturated rings. The first-order valence-electron chi connectivity index (χ1n) is 14.4. The van der Waals surface area contributed by atoms with Gasteiger partial charge in [-0.05, 0) is 110 Å². The highest BCUT2D eigenvalue weighted by atomic mass is 16.2. The third-order valence-electron chi connectivity index (χ3n) is 10.2. The highest BCUT2D eigenvalue weighted by Crippen LogP contribution is 2.60. The fourth-order valence-electron chi connectivity index (χ4n) is 8.45. The van der Waals surface area contributed by atoms with Gasteiger partial charge in [0.1, 0.15) is 6.04 Å². The van der Waals surface area contributed by atoms with Gasteiger partial charge in [0.05, 0.1) is 0 Å². The van der Waals surface area contributed by atoms with Crippen LogP contribution in [0.25, 0.3) is 0 Å². The van der Waals surface area contributed by atoms with Crippen LogP contribution in [0.15, 0.2) is 24.3 Å². The Labute approximate surface area is 212 Å².